The molecule has 0 bridgehead atoms. The van der Waals surface area contributed by atoms with Crippen LogP contribution in [0.5, 0.6) is 11.5 Å². The van der Waals surface area contributed by atoms with Crippen molar-refractivity contribution < 1.29 is 19.3 Å². The molecule has 1 aromatic rings. The zero-order valence-corrected chi connectivity index (χ0v) is 17.8. The summed E-state index contributed by atoms with van der Waals surface area (Å²) in [6, 6.07) is 6.00. The summed E-state index contributed by atoms with van der Waals surface area (Å²) in [6.07, 6.45) is 3.09. The molecule has 7 nitrogen and oxygen atoms in total. The second-order valence-electron chi connectivity index (χ2n) is 7.94. The second-order valence-corrected chi connectivity index (χ2v) is 7.94. The van der Waals surface area contributed by atoms with E-state index in [0.717, 1.165) is 71.0 Å². The maximum absolute atomic E-state index is 10.3. The van der Waals surface area contributed by atoms with Gasteiger partial charge in [-0.05, 0) is 63.1 Å². The largest absolute Gasteiger partial charge is 0.493 e. The van der Waals surface area contributed by atoms with Gasteiger partial charge in [0.15, 0.2) is 11.5 Å². The van der Waals surface area contributed by atoms with Gasteiger partial charge >= 0.3 is 0 Å². The molecule has 2 heterocycles. The number of aliphatic hydroxyl groups is 1. The molecule has 0 saturated carbocycles. The maximum atomic E-state index is 10.3. The van der Waals surface area contributed by atoms with Crippen LogP contribution in [0.2, 0.25) is 0 Å². The first-order chi connectivity index (χ1) is 14.2. The minimum absolute atomic E-state index is 0.281. The highest BCUT2D eigenvalue weighted by atomic mass is 16.5. The number of benzene rings is 1. The number of methoxy groups -OCH3 is 1. The highest BCUT2D eigenvalue weighted by Gasteiger charge is 2.17. The van der Waals surface area contributed by atoms with Gasteiger partial charge in [-0.2, -0.15) is 0 Å². The van der Waals surface area contributed by atoms with Crippen LogP contribution >= 0.6 is 0 Å². The van der Waals surface area contributed by atoms with Crippen LogP contribution in [0.25, 0.3) is 0 Å². The van der Waals surface area contributed by atoms with Gasteiger partial charge in [0, 0.05) is 26.2 Å². The van der Waals surface area contributed by atoms with Gasteiger partial charge in [0.05, 0.1) is 20.3 Å². The fourth-order valence-corrected chi connectivity index (χ4v) is 3.93. The summed E-state index contributed by atoms with van der Waals surface area (Å²) in [5, 5.41) is 13.8. The zero-order chi connectivity index (χ0) is 20.3. The van der Waals surface area contributed by atoms with E-state index >= 15 is 0 Å². The van der Waals surface area contributed by atoms with Crippen molar-refractivity contribution in [1.82, 2.24) is 15.1 Å². The minimum atomic E-state index is -0.486. The molecule has 0 unspecified atom stereocenters. The van der Waals surface area contributed by atoms with Crippen LogP contribution < -0.4 is 14.8 Å². The number of nitrogens with one attached hydrogen (secondary N) is 1. The van der Waals surface area contributed by atoms with Gasteiger partial charge in [-0.15, -0.1) is 0 Å². The molecule has 2 aliphatic rings. The summed E-state index contributed by atoms with van der Waals surface area (Å²) in [4.78, 5) is 4.75. The highest BCUT2D eigenvalue weighted by Crippen LogP contribution is 2.28. The van der Waals surface area contributed by atoms with Gasteiger partial charge in [-0.1, -0.05) is 6.07 Å². The molecule has 0 spiro atoms. The van der Waals surface area contributed by atoms with Crippen LogP contribution in [0.4, 0.5) is 0 Å². The summed E-state index contributed by atoms with van der Waals surface area (Å²) in [7, 11) is 1.65. The molecule has 0 amide bonds. The van der Waals surface area contributed by atoms with Gasteiger partial charge in [0.25, 0.3) is 0 Å². The topological polar surface area (TPSA) is 66.4 Å². The molecule has 164 valence electrons. The van der Waals surface area contributed by atoms with Crippen molar-refractivity contribution in [2.24, 2.45) is 0 Å². The van der Waals surface area contributed by atoms with Gasteiger partial charge in [0.2, 0.25) is 0 Å². The Kier molecular flexibility index (Phi) is 9.50. The molecule has 29 heavy (non-hydrogen) atoms. The van der Waals surface area contributed by atoms with Gasteiger partial charge in [0.1, 0.15) is 12.7 Å². The predicted molar refractivity (Wildman–Crippen MR) is 114 cm³/mol. The molecule has 0 aliphatic carbocycles. The number of likely N-dealkylation sites (tertiary alicyclic amines) is 1. The van der Waals surface area contributed by atoms with E-state index in [4.69, 9.17) is 14.2 Å². The molecule has 1 aromatic carbocycles. The van der Waals surface area contributed by atoms with Gasteiger partial charge < -0.3 is 29.5 Å². The van der Waals surface area contributed by atoms with E-state index in [2.05, 4.69) is 21.2 Å². The van der Waals surface area contributed by atoms with Crippen molar-refractivity contribution in [2.45, 2.75) is 31.9 Å². The van der Waals surface area contributed by atoms with E-state index in [1.54, 1.807) is 7.11 Å². The Morgan fingerprint density at radius 2 is 1.90 bits per heavy atom. The Morgan fingerprint density at radius 1 is 1.10 bits per heavy atom. The van der Waals surface area contributed by atoms with Crippen molar-refractivity contribution in [3.05, 3.63) is 23.8 Å². The number of nitrogens with zero attached hydrogens (tertiary/aromatic N) is 2. The molecule has 2 fully saturated rings. The summed E-state index contributed by atoms with van der Waals surface area (Å²) in [6.45, 7) is 9.79. The van der Waals surface area contributed by atoms with E-state index in [0.29, 0.717) is 18.0 Å². The third-order valence-electron chi connectivity index (χ3n) is 5.59. The number of hydrogen-bond acceptors (Lipinski definition) is 7. The summed E-state index contributed by atoms with van der Waals surface area (Å²) >= 11 is 0. The predicted octanol–water partition coefficient (Wildman–Crippen LogP) is 1.34. The summed E-state index contributed by atoms with van der Waals surface area (Å²) in [5.74, 6) is 1.40. The zero-order valence-electron chi connectivity index (χ0n) is 17.8. The van der Waals surface area contributed by atoms with Crippen molar-refractivity contribution in [1.29, 1.82) is 0 Å². The van der Waals surface area contributed by atoms with E-state index in [9.17, 15) is 5.11 Å². The molecule has 3 rings (SSSR count). The van der Waals surface area contributed by atoms with E-state index in [1.165, 1.54) is 12.8 Å². The summed E-state index contributed by atoms with van der Waals surface area (Å²) in [5.41, 5.74) is 1.15. The van der Waals surface area contributed by atoms with Crippen LogP contribution in [0.1, 0.15) is 24.8 Å². The van der Waals surface area contributed by atoms with Crippen LogP contribution in [-0.2, 0) is 11.3 Å². The lowest BCUT2D eigenvalue weighted by atomic mass is 10.2. The average molecular weight is 408 g/mol. The van der Waals surface area contributed by atoms with Crippen molar-refractivity contribution in [2.75, 3.05) is 72.7 Å². The summed E-state index contributed by atoms with van der Waals surface area (Å²) < 4.78 is 16.7. The smallest absolute Gasteiger partial charge is 0.161 e. The third-order valence-corrected chi connectivity index (χ3v) is 5.59. The third kappa shape index (κ3) is 7.75. The maximum Gasteiger partial charge on any atom is 0.161 e. The Bertz CT molecular complexity index is 589. The average Bonchev–Trinajstić information content (AvgIpc) is 3.26. The van der Waals surface area contributed by atoms with E-state index < -0.39 is 6.10 Å². The lowest BCUT2D eigenvalue weighted by Crippen LogP contribution is -2.37. The molecular formula is C22H37N3O4. The number of β-amino-alcohol motifs (C(OH)–C–C–N with tert-alkyl or cyclic N) is 1. The fourth-order valence-electron chi connectivity index (χ4n) is 3.93. The van der Waals surface area contributed by atoms with Crippen LogP contribution in [-0.4, -0.2) is 93.8 Å². The van der Waals surface area contributed by atoms with Crippen LogP contribution in [0, 0.1) is 0 Å². The molecule has 7 heteroatoms. The standard InChI is InChI=1S/C22H37N3O4/c1-27-21-6-5-19(16-23-7-4-10-24-11-13-28-14-12-24)15-22(21)29-18-20(26)17-25-8-2-3-9-25/h5-6,15,20,23,26H,2-4,7-14,16-18H2,1H3/t20-/m0/s1. The van der Waals surface area contributed by atoms with Crippen molar-refractivity contribution in [3.63, 3.8) is 0 Å². The molecule has 2 saturated heterocycles. The number of hydrogen-bond donors (Lipinski definition) is 2. The lowest BCUT2D eigenvalue weighted by molar-refractivity contribution is 0.0374. The number of ether oxygens (including phenoxy) is 3. The van der Waals surface area contributed by atoms with Crippen LogP contribution in [0.15, 0.2) is 18.2 Å². The van der Waals surface area contributed by atoms with Gasteiger partial charge in [-0.3, -0.25) is 4.90 Å². The van der Waals surface area contributed by atoms with Crippen LogP contribution in [0.3, 0.4) is 0 Å². The number of rotatable bonds is 12. The molecule has 0 aromatic heterocycles. The number of aliphatic hydroxyl groups excluding tert-OH is 1. The SMILES string of the molecule is COc1ccc(CNCCCN2CCOCC2)cc1OC[C@@H](O)CN1CCCC1. The number of morpholine rings is 1. The van der Waals surface area contributed by atoms with Gasteiger partial charge in [-0.25, -0.2) is 0 Å². The molecule has 2 N–H and O–H groups in total. The Morgan fingerprint density at radius 3 is 2.66 bits per heavy atom. The minimum Gasteiger partial charge on any atom is -0.493 e. The van der Waals surface area contributed by atoms with E-state index in [1.807, 2.05) is 12.1 Å². The molecule has 0 radical (unpaired) electrons. The fraction of sp³-hybridized carbons (Fsp3) is 0.727. The molecule has 1 atom stereocenters. The first-order valence-electron chi connectivity index (χ1n) is 11.0. The first-order valence-corrected chi connectivity index (χ1v) is 11.0. The van der Waals surface area contributed by atoms with Crippen molar-refractivity contribution >= 4 is 0 Å². The van der Waals surface area contributed by atoms with E-state index in [-0.39, 0.29) is 6.61 Å². The lowest BCUT2D eigenvalue weighted by Gasteiger charge is -2.26. The highest BCUT2D eigenvalue weighted by molar-refractivity contribution is 5.43. The van der Waals surface area contributed by atoms with Crippen molar-refractivity contribution in [3.8, 4) is 11.5 Å². The second kappa shape index (κ2) is 12.3. The Labute approximate surface area is 174 Å². The molecular weight excluding hydrogens is 370 g/mol. The molecule has 2 aliphatic heterocycles. The quantitative estimate of drug-likeness (QED) is 0.507. The monoisotopic (exact) mass is 407 g/mol. The first kappa shape index (κ1) is 22.3. The Hall–Kier alpha value is -1.38. The normalized spacial score (nSPS) is 19.4. The Balaban J connectivity index is 1.38.